The Hall–Kier alpha value is -3.87. The maximum absolute atomic E-state index is 13.3. The summed E-state index contributed by atoms with van der Waals surface area (Å²) >= 11 is 0. The average Bonchev–Trinajstić information content (AvgIpc) is 3.15. The number of phenolic OH excluding ortho intramolecular Hbond substituents is 1. The summed E-state index contributed by atoms with van der Waals surface area (Å²) in [5.74, 6) is 0.313. The molecule has 3 aromatic rings. The number of nitrogens with two attached hydrogens (primary N) is 1. The number of aromatic hydroxyl groups is 1. The molecule has 0 bridgehead atoms. The van der Waals surface area contributed by atoms with Gasteiger partial charge in [-0.1, -0.05) is 36.4 Å². The van der Waals surface area contributed by atoms with Crippen molar-refractivity contribution < 1.29 is 5.11 Å². The Morgan fingerprint density at radius 3 is 2.43 bits per heavy atom. The third-order valence-electron chi connectivity index (χ3n) is 4.82. The summed E-state index contributed by atoms with van der Waals surface area (Å²) in [6.07, 6.45) is 1.69. The van der Waals surface area contributed by atoms with E-state index in [2.05, 4.69) is 10.2 Å². The molecule has 1 aromatic heterocycles. The predicted octanol–water partition coefficient (Wildman–Crippen LogP) is 2.35. The fourth-order valence-corrected chi connectivity index (χ4v) is 3.27. The van der Waals surface area contributed by atoms with Crippen molar-refractivity contribution in [1.82, 2.24) is 9.36 Å². The van der Waals surface area contributed by atoms with Gasteiger partial charge in [-0.15, -0.1) is 10.2 Å². The van der Waals surface area contributed by atoms with Crippen molar-refractivity contribution >= 4 is 17.6 Å². The molecule has 0 saturated carbocycles. The van der Waals surface area contributed by atoms with Gasteiger partial charge in [0.1, 0.15) is 11.5 Å². The van der Waals surface area contributed by atoms with Crippen molar-refractivity contribution in [2.75, 3.05) is 0 Å². The lowest BCUT2D eigenvalue weighted by molar-refractivity contribution is 0.474. The minimum absolute atomic E-state index is 0.112. The van der Waals surface area contributed by atoms with Gasteiger partial charge in [0, 0.05) is 23.9 Å². The monoisotopic (exact) mass is 373 g/mol. The van der Waals surface area contributed by atoms with Crippen LogP contribution in [0.15, 0.2) is 75.2 Å². The van der Waals surface area contributed by atoms with Crippen LogP contribution in [0.5, 0.6) is 5.75 Å². The molecule has 0 saturated heterocycles. The number of para-hydroxylation sites is 2. The van der Waals surface area contributed by atoms with Crippen LogP contribution in [0.3, 0.4) is 0 Å². The third-order valence-corrected chi connectivity index (χ3v) is 4.82. The minimum Gasteiger partial charge on any atom is -0.507 e. The van der Waals surface area contributed by atoms with E-state index < -0.39 is 0 Å². The molecule has 7 nitrogen and oxygen atoms in total. The number of hydrogen-bond acceptors (Lipinski definition) is 5. The zero-order valence-corrected chi connectivity index (χ0v) is 15.5. The highest BCUT2D eigenvalue weighted by atomic mass is 16.3. The molecule has 0 atom stereocenters. The van der Waals surface area contributed by atoms with Crippen molar-refractivity contribution in [3.05, 3.63) is 87.3 Å². The predicted molar refractivity (Wildman–Crippen MR) is 110 cm³/mol. The van der Waals surface area contributed by atoms with Gasteiger partial charge in [-0.3, -0.25) is 9.48 Å². The molecule has 0 unspecified atom stereocenters. The first-order valence-corrected chi connectivity index (χ1v) is 8.75. The number of nitrogens with zero attached hydrogens (tertiary/aromatic N) is 4. The first kappa shape index (κ1) is 17.5. The zero-order chi connectivity index (χ0) is 19.8. The van der Waals surface area contributed by atoms with Crippen LogP contribution in [-0.4, -0.2) is 26.0 Å². The summed E-state index contributed by atoms with van der Waals surface area (Å²) in [6.45, 7) is 1.85. The molecular weight excluding hydrogens is 354 g/mol. The summed E-state index contributed by atoms with van der Waals surface area (Å²) < 4.78 is 3.36. The molecule has 2 aromatic carbocycles. The molecular formula is C21H19N5O2. The van der Waals surface area contributed by atoms with Crippen molar-refractivity contribution in [3.8, 4) is 11.4 Å². The Bertz CT molecular complexity index is 1210. The SMILES string of the molecule is Cc1c(C2=NN=C(N)/C2=C\c2ccccc2O)c(=O)n(-c2ccccc2)n1C. The molecule has 0 aliphatic carbocycles. The molecule has 28 heavy (non-hydrogen) atoms. The molecule has 7 heteroatoms. The van der Waals surface area contributed by atoms with Gasteiger partial charge in [0.15, 0.2) is 5.84 Å². The lowest BCUT2D eigenvalue weighted by atomic mass is 10.00. The third kappa shape index (κ3) is 2.73. The molecule has 0 radical (unpaired) electrons. The largest absolute Gasteiger partial charge is 0.507 e. The van der Waals surface area contributed by atoms with Crippen LogP contribution in [0.25, 0.3) is 11.8 Å². The normalized spacial score (nSPS) is 15.0. The Morgan fingerprint density at radius 1 is 1.04 bits per heavy atom. The van der Waals surface area contributed by atoms with Crippen molar-refractivity contribution in [2.45, 2.75) is 6.92 Å². The van der Waals surface area contributed by atoms with Gasteiger partial charge in [-0.25, -0.2) is 4.68 Å². The number of rotatable bonds is 3. The van der Waals surface area contributed by atoms with Crippen molar-refractivity contribution in [2.24, 2.45) is 23.0 Å². The lowest BCUT2D eigenvalue weighted by Crippen LogP contribution is -2.25. The van der Waals surface area contributed by atoms with Gasteiger partial charge < -0.3 is 10.8 Å². The molecule has 0 fully saturated rings. The standard InChI is InChI=1S/C21H19N5O2/c1-13-18(21(28)26(25(13)2)15-9-4-3-5-10-15)19-16(20(22)24-23-19)12-14-8-6-7-11-17(14)27/h3-12,27H,1-2H3,(H2,22,24)/b16-12-. The Kier molecular flexibility index (Phi) is 4.19. The molecule has 0 amide bonds. The van der Waals surface area contributed by atoms with E-state index in [-0.39, 0.29) is 17.1 Å². The topological polar surface area (TPSA) is 97.9 Å². The average molecular weight is 373 g/mol. The van der Waals surface area contributed by atoms with E-state index in [1.165, 1.54) is 0 Å². The Morgan fingerprint density at radius 2 is 1.71 bits per heavy atom. The molecule has 2 heterocycles. The zero-order valence-electron chi connectivity index (χ0n) is 15.5. The maximum Gasteiger partial charge on any atom is 0.281 e. The number of hydrogen-bond donors (Lipinski definition) is 2. The maximum atomic E-state index is 13.3. The summed E-state index contributed by atoms with van der Waals surface area (Å²) in [6, 6.07) is 16.3. The van der Waals surface area contributed by atoms with Gasteiger partial charge in [-0.2, -0.15) is 0 Å². The highest BCUT2D eigenvalue weighted by molar-refractivity contribution is 6.34. The number of benzene rings is 2. The second kappa shape index (κ2) is 6.70. The van der Waals surface area contributed by atoms with E-state index >= 15 is 0 Å². The molecule has 140 valence electrons. The van der Waals surface area contributed by atoms with Crippen LogP contribution in [0.4, 0.5) is 0 Å². The molecule has 0 spiro atoms. The van der Waals surface area contributed by atoms with Gasteiger partial charge >= 0.3 is 0 Å². The van der Waals surface area contributed by atoms with Crippen LogP contribution in [0.2, 0.25) is 0 Å². The van der Waals surface area contributed by atoms with E-state index in [1.54, 1.807) is 39.7 Å². The quantitative estimate of drug-likeness (QED) is 0.737. The highest BCUT2D eigenvalue weighted by Gasteiger charge is 2.27. The molecule has 1 aliphatic heterocycles. The van der Waals surface area contributed by atoms with Crippen LogP contribution in [0.1, 0.15) is 16.8 Å². The van der Waals surface area contributed by atoms with Gasteiger partial charge in [0.2, 0.25) is 0 Å². The number of amidine groups is 1. The lowest BCUT2D eigenvalue weighted by Gasteiger charge is -2.07. The van der Waals surface area contributed by atoms with E-state index in [4.69, 9.17) is 5.73 Å². The summed E-state index contributed by atoms with van der Waals surface area (Å²) in [4.78, 5) is 13.3. The number of phenols is 1. The van der Waals surface area contributed by atoms with Crippen molar-refractivity contribution in [3.63, 3.8) is 0 Å². The van der Waals surface area contributed by atoms with Gasteiger partial charge in [-0.05, 0) is 31.2 Å². The second-order valence-corrected chi connectivity index (χ2v) is 6.49. The van der Waals surface area contributed by atoms with Crippen molar-refractivity contribution in [1.29, 1.82) is 0 Å². The van der Waals surface area contributed by atoms with Crippen LogP contribution >= 0.6 is 0 Å². The van der Waals surface area contributed by atoms with Gasteiger partial charge in [0.25, 0.3) is 5.56 Å². The van der Waals surface area contributed by atoms with Crippen LogP contribution < -0.4 is 11.3 Å². The fraction of sp³-hybridized carbons (Fsp3) is 0.0952. The summed E-state index contributed by atoms with van der Waals surface area (Å²) in [5, 5.41) is 18.2. The smallest absolute Gasteiger partial charge is 0.281 e. The van der Waals surface area contributed by atoms with E-state index in [1.807, 2.05) is 44.3 Å². The summed E-state index contributed by atoms with van der Waals surface area (Å²) in [7, 11) is 1.82. The van der Waals surface area contributed by atoms with E-state index in [0.29, 0.717) is 22.4 Å². The Labute approximate surface area is 161 Å². The van der Waals surface area contributed by atoms with Gasteiger partial charge in [0.05, 0.1) is 11.3 Å². The highest BCUT2D eigenvalue weighted by Crippen LogP contribution is 2.24. The molecule has 4 rings (SSSR count). The van der Waals surface area contributed by atoms with Crippen LogP contribution in [0, 0.1) is 6.92 Å². The summed E-state index contributed by atoms with van der Waals surface area (Å²) in [5.41, 5.74) is 9.21. The number of aromatic nitrogens is 2. The minimum atomic E-state index is -0.210. The van der Waals surface area contributed by atoms with Crippen LogP contribution in [-0.2, 0) is 7.05 Å². The Balaban J connectivity index is 1.88. The second-order valence-electron chi connectivity index (χ2n) is 6.49. The first-order chi connectivity index (χ1) is 13.5. The van der Waals surface area contributed by atoms with E-state index in [9.17, 15) is 9.90 Å². The first-order valence-electron chi connectivity index (χ1n) is 8.75. The molecule has 3 N–H and O–H groups in total. The fourth-order valence-electron chi connectivity index (χ4n) is 3.27. The van der Waals surface area contributed by atoms with E-state index in [0.717, 1.165) is 11.4 Å². The molecule has 1 aliphatic rings.